The lowest BCUT2D eigenvalue weighted by molar-refractivity contribution is 0.0996. The summed E-state index contributed by atoms with van der Waals surface area (Å²) in [5.74, 6) is 0.0805. The molecule has 0 atom stereocenters. The van der Waals surface area contributed by atoms with Crippen LogP contribution in [0.3, 0.4) is 0 Å². The number of amides is 1. The van der Waals surface area contributed by atoms with E-state index < -0.39 is 0 Å². The third kappa shape index (κ3) is 1.76. The monoisotopic (exact) mass is 277 g/mol. The van der Waals surface area contributed by atoms with Gasteiger partial charge in [-0.05, 0) is 36.8 Å². The molecule has 0 saturated carbocycles. The van der Waals surface area contributed by atoms with Crippen LogP contribution in [0.5, 0.6) is 0 Å². The number of carbonyl (C=O) groups is 1. The Hall–Kier alpha value is -2.62. The molecule has 4 nitrogen and oxygen atoms in total. The summed E-state index contributed by atoms with van der Waals surface area (Å²) in [4.78, 5) is 14.4. The van der Waals surface area contributed by atoms with Crippen molar-refractivity contribution in [1.82, 2.24) is 9.78 Å². The fraction of sp³-hybridized carbons (Fsp3) is 0.176. The largest absolute Gasteiger partial charge is 0.304 e. The third-order valence-electron chi connectivity index (χ3n) is 4.11. The van der Waals surface area contributed by atoms with E-state index in [4.69, 9.17) is 0 Å². The molecular formula is C17H15N3O. The van der Waals surface area contributed by atoms with Crippen LogP contribution >= 0.6 is 0 Å². The average Bonchev–Trinajstić information content (AvgIpc) is 3.01. The zero-order chi connectivity index (χ0) is 14.6. The minimum absolute atomic E-state index is 0.0805. The van der Waals surface area contributed by atoms with Crippen LogP contribution in [-0.4, -0.2) is 15.7 Å². The van der Waals surface area contributed by atoms with E-state index in [-0.39, 0.29) is 5.91 Å². The number of hydrogen-bond acceptors (Lipinski definition) is 2. The van der Waals surface area contributed by atoms with Gasteiger partial charge in [0, 0.05) is 23.7 Å². The van der Waals surface area contributed by atoms with E-state index in [9.17, 15) is 4.79 Å². The van der Waals surface area contributed by atoms with Crippen molar-refractivity contribution in [3.8, 4) is 0 Å². The van der Waals surface area contributed by atoms with Gasteiger partial charge in [-0.15, -0.1) is 0 Å². The molecule has 4 rings (SSSR count). The molecule has 1 aliphatic rings. The zero-order valence-electron chi connectivity index (χ0n) is 12.0. The maximum absolute atomic E-state index is 12.6. The number of carbonyl (C=O) groups excluding carboxylic acids is 1. The Morgan fingerprint density at radius 2 is 2.00 bits per heavy atom. The van der Waals surface area contributed by atoms with E-state index in [1.807, 2.05) is 60.1 Å². The normalized spacial score (nSPS) is 14.0. The molecule has 4 heteroatoms. The number of fused-ring (bicyclic) bond motifs is 2. The molecule has 1 aromatic heterocycles. The van der Waals surface area contributed by atoms with Crippen molar-refractivity contribution in [2.45, 2.75) is 13.5 Å². The molecule has 1 amide bonds. The number of nitrogens with zero attached hydrogens (tertiary/aromatic N) is 3. The summed E-state index contributed by atoms with van der Waals surface area (Å²) in [6.07, 6.45) is 1.83. The lowest BCUT2D eigenvalue weighted by Crippen LogP contribution is -2.22. The van der Waals surface area contributed by atoms with Crippen LogP contribution in [0.4, 0.5) is 5.69 Å². The summed E-state index contributed by atoms with van der Waals surface area (Å²) < 4.78 is 1.84. The van der Waals surface area contributed by atoms with Crippen molar-refractivity contribution >= 4 is 22.5 Å². The fourth-order valence-electron chi connectivity index (χ4n) is 2.94. The van der Waals surface area contributed by atoms with E-state index in [1.54, 1.807) is 0 Å². The van der Waals surface area contributed by atoms with Crippen molar-refractivity contribution in [3.63, 3.8) is 0 Å². The lowest BCUT2D eigenvalue weighted by atomic mass is 10.1. The average molecular weight is 277 g/mol. The molecule has 0 spiro atoms. The lowest BCUT2D eigenvalue weighted by Gasteiger charge is -2.15. The van der Waals surface area contributed by atoms with Crippen molar-refractivity contribution < 1.29 is 4.79 Å². The number of hydrogen-bond donors (Lipinski definition) is 0. The number of anilines is 1. The van der Waals surface area contributed by atoms with Gasteiger partial charge in [0.05, 0.1) is 18.3 Å². The van der Waals surface area contributed by atoms with E-state index in [0.29, 0.717) is 6.54 Å². The van der Waals surface area contributed by atoms with Crippen LogP contribution in [0.15, 0.2) is 42.6 Å². The predicted molar refractivity (Wildman–Crippen MR) is 82.4 cm³/mol. The van der Waals surface area contributed by atoms with Crippen LogP contribution in [0, 0.1) is 6.92 Å². The maximum Gasteiger partial charge on any atom is 0.258 e. The number of aryl methyl sites for hydroxylation is 2. The van der Waals surface area contributed by atoms with Crippen LogP contribution in [0.2, 0.25) is 0 Å². The molecule has 0 radical (unpaired) electrons. The highest BCUT2D eigenvalue weighted by Gasteiger charge is 2.28. The van der Waals surface area contributed by atoms with Crippen molar-refractivity contribution in [2.24, 2.45) is 7.05 Å². The van der Waals surface area contributed by atoms with Gasteiger partial charge in [0.1, 0.15) is 0 Å². The van der Waals surface area contributed by atoms with Crippen molar-refractivity contribution in [1.29, 1.82) is 0 Å². The van der Waals surface area contributed by atoms with Gasteiger partial charge in [-0.1, -0.05) is 17.7 Å². The summed E-state index contributed by atoms with van der Waals surface area (Å²) >= 11 is 0. The number of rotatable bonds is 1. The van der Waals surface area contributed by atoms with Gasteiger partial charge in [0.25, 0.3) is 5.91 Å². The van der Waals surface area contributed by atoms with E-state index >= 15 is 0 Å². The topological polar surface area (TPSA) is 38.1 Å². The molecule has 0 N–H and O–H groups in total. The van der Waals surface area contributed by atoms with E-state index in [2.05, 4.69) is 11.2 Å². The molecule has 104 valence electrons. The Bertz CT molecular complexity index is 879. The molecule has 0 unspecified atom stereocenters. The van der Waals surface area contributed by atoms with Gasteiger partial charge in [-0.2, -0.15) is 5.10 Å². The molecule has 0 aliphatic carbocycles. The molecule has 1 aliphatic heterocycles. The van der Waals surface area contributed by atoms with Gasteiger partial charge >= 0.3 is 0 Å². The van der Waals surface area contributed by atoms with Gasteiger partial charge in [-0.25, -0.2) is 0 Å². The standard InChI is InChI=1S/C17H15N3O/c1-11-3-4-12-10-20(17(21)15(12)7-11)14-5-6-16-13(8-14)9-18-19(16)2/h3-9H,10H2,1-2H3. The maximum atomic E-state index is 12.6. The Kier molecular flexibility index (Phi) is 2.42. The van der Waals surface area contributed by atoms with Gasteiger partial charge in [0.2, 0.25) is 0 Å². The van der Waals surface area contributed by atoms with Crippen LogP contribution in [-0.2, 0) is 13.6 Å². The molecule has 21 heavy (non-hydrogen) atoms. The Morgan fingerprint density at radius 1 is 1.14 bits per heavy atom. The van der Waals surface area contributed by atoms with Crippen LogP contribution < -0.4 is 4.90 Å². The van der Waals surface area contributed by atoms with Gasteiger partial charge < -0.3 is 4.90 Å². The summed E-state index contributed by atoms with van der Waals surface area (Å²) in [5, 5.41) is 5.30. The van der Waals surface area contributed by atoms with Crippen molar-refractivity contribution in [3.05, 3.63) is 59.3 Å². The summed E-state index contributed by atoms with van der Waals surface area (Å²) in [5.41, 5.74) is 5.03. The highest BCUT2D eigenvalue weighted by atomic mass is 16.2. The quantitative estimate of drug-likeness (QED) is 0.685. The highest BCUT2D eigenvalue weighted by molar-refractivity contribution is 6.10. The molecule has 0 bridgehead atoms. The number of aromatic nitrogens is 2. The molecule has 3 aromatic rings. The smallest absolute Gasteiger partial charge is 0.258 e. The van der Waals surface area contributed by atoms with Crippen LogP contribution in [0.1, 0.15) is 21.5 Å². The SMILES string of the molecule is Cc1ccc2c(c1)C(=O)N(c1ccc3c(cnn3C)c1)C2. The Morgan fingerprint density at radius 3 is 2.86 bits per heavy atom. The number of benzene rings is 2. The Labute approximate surface area is 122 Å². The molecular weight excluding hydrogens is 262 g/mol. The predicted octanol–water partition coefficient (Wildman–Crippen LogP) is 3.04. The third-order valence-corrected chi connectivity index (χ3v) is 4.11. The summed E-state index contributed by atoms with van der Waals surface area (Å²) in [7, 11) is 1.92. The zero-order valence-corrected chi connectivity index (χ0v) is 12.0. The first kappa shape index (κ1) is 12.1. The Balaban J connectivity index is 1.78. The van der Waals surface area contributed by atoms with E-state index in [0.717, 1.165) is 33.3 Å². The van der Waals surface area contributed by atoms with E-state index in [1.165, 1.54) is 0 Å². The van der Waals surface area contributed by atoms with Crippen molar-refractivity contribution in [2.75, 3.05) is 4.90 Å². The second-order valence-corrected chi connectivity index (χ2v) is 5.56. The minimum Gasteiger partial charge on any atom is -0.304 e. The second-order valence-electron chi connectivity index (χ2n) is 5.56. The minimum atomic E-state index is 0.0805. The van der Waals surface area contributed by atoms with Gasteiger partial charge in [-0.3, -0.25) is 9.48 Å². The van der Waals surface area contributed by atoms with Gasteiger partial charge in [0.15, 0.2) is 0 Å². The first-order chi connectivity index (χ1) is 10.1. The first-order valence-electron chi connectivity index (χ1n) is 6.96. The first-order valence-corrected chi connectivity index (χ1v) is 6.96. The van der Waals surface area contributed by atoms with Crippen LogP contribution in [0.25, 0.3) is 10.9 Å². The second kappa shape index (κ2) is 4.19. The fourth-order valence-corrected chi connectivity index (χ4v) is 2.94. The molecule has 0 fully saturated rings. The summed E-state index contributed by atoms with van der Waals surface area (Å²) in [6, 6.07) is 12.1. The molecule has 2 heterocycles. The molecule has 2 aromatic carbocycles. The molecule has 0 saturated heterocycles. The summed E-state index contributed by atoms with van der Waals surface area (Å²) in [6.45, 7) is 2.65. The highest BCUT2D eigenvalue weighted by Crippen LogP contribution is 2.30.